The molecule has 0 spiro atoms. The molecule has 2 aromatic heterocycles. The number of carboxylic acids is 1. The first-order chi connectivity index (χ1) is 20.3. The Hall–Kier alpha value is -3.98. The normalized spacial score (nSPS) is 14.2. The smallest absolute Gasteiger partial charge is 0.339 e. The molecule has 3 heterocycles. The highest BCUT2D eigenvalue weighted by Crippen LogP contribution is 2.43. The van der Waals surface area contributed by atoms with Crippen molar-refractivity contribution in [3.05, 3.63) is 69.7 Å². The van der Waals surface area contributed by atoms with Crippen molar-refractivity contribution in [1.82, 2.24) is 14.3 Å². The van der Waals surface area contributed by atoms with Crippen LogP contribution in [0.5, 0.6) is 5.75 Å². The summed E-state index contributed by atoms with van der Waals surface area (Å²) in [6, 6.07) is 6.92. The Morgan fingerprint density at radius 3 is 2.60 bits per heavy atom. The maximum absolute atomic E-state index is 15.6. The van der Waals surface area contributed by atoms with Crippen LogP contribution in [0.2, 0.25) is 0 Å². The van der Waals surface area contributed by atoms with Gasteiger partial charge in [0.05, 0.1) is 24.1 Å². The van der Waals surface area contributed by atoms with Crippen molar-refractivity contribution in [2.45, 2.75) is 79.1 Å². The maximum Gasteiger partial charge on any atom is 0.339 e. The van der Waals surface area contributed by atoms with E-state index in [-0.39, 0.29) is 17.0 Å². The largest absolute Gasteiger partial charge is 0.490 e. The number of fused-ring (bicyclic) bond motifs is 2. The summed E-state index contributed by atoms with van der Waals surface area (Å²) in [4.78, 5) is 26.7. The summed E-state index contributed by atoms with van der Waals surface area (Å²) < 4.78 is 30.6. The average Bonchev–Trinajstić information content (AvgIpc) is 3.43. The molecular formula is C34H40FN3O5. The minimum absolute atomic E-state index is 0.161. The Morgan fingerprint density at radius 2 is 1.93 bits per heavy atom. The number of aliphatic carboxylic acids is 1. The molecule has 2 aromatic carbocycles. The average molecular weight is 590 g/mol. The highest BCUT2D eigenvalue weighted by Gasteiger charge is 2.34. The number of nitrogens with zero attached hydrogens (tertiary/aromatic N) is 3. The van der Waals surface area contributed by atoms with Crippen LogP contribution in [0.3, 0.4) is 0 Å². The van der Waals surface area contributed by atoms with Crippen LogP contribution >= 0.6 is 0 Å². The van der Waals surface area contributed by atoms with Crippen molar-refractivity contribution in [1.29, 1.82) is 0 Å². The van der Waals surface area contributed by atoms with Crippen molar-refractivity contribution in [2.75, 3.05) is 6.61 Å². The lowest BCUT2D eigenvalue weighted by Crippen LogP contribution is -2.33. The zero-order chi connectivity index (χ0) is 31.2. The van der Waals surface area contributed by atoms with Gasteiger partial charge in [0.2, 0.25) is 0 Å². The van der Waals surface area contributed by atoms with Crippen molar-refractivity contribution < 1.29 is 23.8 Å². The Kier molecular flexibility index (Phi) is 8.22. The molecule has 4 aromatic rings. The van der Waals surface area contributed by atoms with E-state index >= 15 is 4.39 Å². The van der Waals surface area contributed by atoms with Gasteiger partial charge in [0, 0.05) is 41.9 Å². The Labute approximate surface area is 251 Å². The first kappa shape index (κ1) is 30.5. The molecule has 8 nitrogen and oxygen atoms in total. The van der Waals surface area contributed by atoms with E-state index in [1.165, 1.54) is 10.6 Å². The van der Waals surface area contributed by atoms with Gasteiger partial charge in [-0.3, -0.25) is 9.48 Å². The lowest BCUT2D eigenvalue weighted by molar-refractivity contribution is -0.161. The van der Waals surface area contributed by atoms with Crippen LogP contribution in [0, 0.1) is 18.7 Å². The molecule has 0 saturated carbocycles. The molecule has 0 amide bonds. The van der Waals surface area contributed by atoms with Crippen LogP contribution in [-0.4, -0.2) is 37.6 Å². The molecule has 43 heavy (non-hydrogen) atoms. The van der Waals surface area contributed by atoms with Gasteiger partial charge in [0.1, 0.15) is 0 Å². The summed E-state index contributed by atoms with van der Waals surface area (Å²) in [6.45, 7) is 12.7. The molecule has 228 valence electrons. The number of hydrogen-bond donors (Lipinski definition) is 1. The minimum atomic E-state index is -1.48. The minimum Gasteiger partial charge on any atom is -0.490 e. The Bertz CT molecular complexity index is 1760. The van der Waals surface area contributed by atoms with Gasteiger partial charge in [0.25, 0.3) is 5.56 Å². The molecule has 1 aliphatic rings. The number of benzene rings is 2. The lowest BCUT2D eigenvalue weighted by Gasteiger charge is -2.29. The second-order valence-corrected chi connectivity index (χ2v) is 12.8. The molecule has 1 unspecified atom stereocenters. The second-order valence-electron chi connectivity index (χ2n) is 12.8. The standard InChI is InChI=1S/C34H40FN3O5/c1-19(2)12-13-38-18-22(17-36-38)21-10-11-24-26(15-21)32(39)37(7)29(31(33(40)41)43-34(4,5)6)28(24)25-16-27(35)30-23(20(25)3)9-8-14-42-30/h10-11,15-19,31H,8-9,12-14H2,1-7H3,(H,40,41). The number of carbonyl (C=O) groups is 1. The van der Waals surface area contributed by atoms with Crippen molar-refractivity contribution in [3.8, 4) is 28.0 Å². The van der Waals surface area contributed by atoms with E-state index in [2.05, 4.69) is 18.9 Å². The molecule has 0 aliphatic carbocycles. The van der Waals surface area contributed by atoms with Crippen LogP contribution in [0.15, 0.2) is 41.5 Å². The monoisotopic (exact) mass is 589 g/mol. The van der Waals surface area contributed by atoms with Gasteiger partial charge in [0.15, 0.2) is 17.7 Å². The molecule has 0 saturated heterocycles. The van der Waals surface area contributed by atoms with Crippen LogP contribution < -0.4 is 10.3 Å². The van der Waals surface area contributed by atoms with Crippen molar-refractivity contribution in [3.63, 3.8) is 0 Å². The molecule has 0 radical (unpaired) electrons. The number of halogens is 1. The van der Waals surface area contributed by atoms with Crippen molar-refractivity contribution >= 4 is 16.7 Å². The lowest BCUT2D eigenvalue weighted by atomic mass is 9.87. The first-order valence-corrected chi connectivity index (χ1v) is 14.8. The number of ether oxygens (including phenoxy) is 2. The van der Waals surface area contributed by atoms with Crippen LogP contribution in [0.25, 0.3) is 33.0 Å². The van der Waals surface area contributed by atoms with Gasteiger partial charge in [-0.25, -0.2) is 9.18 Å². The maximum atomic E-state index is 15.6. The molecule has 5 rings (SSSR count). The Morgan fingerprint density at radius 1 is 1.19 bits per heavy atom. The summed E-state index contributed by atoms with van der Waals surface area (Å²) in [5.74, 6) is -0.974. The van der Waals surface area contributed by atoms with Gasteiger partial charge in [-0.1, -0.05) is 26.0 Å². The second kappa shape index (κ2) is 11.6. The summed E-state index contributed by atoms with van der Waals surface area (Å²) in [5, 5.41) is 15.8. The van der Waals surface area contributed by atoms with Crippen molar-refractivity contribution in [2.24, 2.45) is 13.0 Å². The van der Waals surface area contributed by atoms with Crippen LogP contribution in [-0.2, 0) is 29.5 Å². The van der Waals surface area contributed by atoms with E-state index in [4.69, 9.17) is 9.47 Å². The summed E-state index contributed by atoms with van der Waals surface area (Å²) >= 11 is 0. The number of carboxylic acid groups (broad SMARTS) is 1. The van der Waals surface area contributed by atoms with Gasteiger partial charge in [-0.15, -0.1) is 0 Å². The number of hydrogen-bond acceptors (Lipinski definition) is 5. The van der Waals surface area contributed by atoms with E-state index in [9.17, 15) is 14.7 Å². The number of rotatable bonds is 8. The topological polar surface area (TPSA) is 95.6 Å². The molecule has 1 aliphatic heterocycles. The summed E-state index contributed by atoms with van der Waals surface area (Å²) in [6.07, 6.45) is 4.64. The SMILES string of the molecule is Cc1c(-c2c(C(OC(C)(C)C)C(=O)O)n(C)c(=O)c3cc(-c4cnn(CCC(C)C)c4)ccc23)cc(F)c2c1CCCO2. The molecular weight excluding hydrogens is 549 g/mol. The van der Waals surface area contributed by atoms with Gasteiger partial charge < -0.3 is 19.1 Å². The van der Waals surface area contributed by atoms with E-state index in [1.54, 1.807) is 34.0 Å². The third-order valence-corrected chi connectivity index (χ3v) is 7.99. The third-order valence-electron chi connectivity index (χ3n) is 7.99. The molecule has 1 atom stereocenters. The molecule has 0 fully saturated rings. The molecule has 1 N–H and O–H groups in total. The fraction of sp³-hybridized carbons (Fsp3) is 0.441. The zero-order valence-electron chi connectivity index (χ0n) is 26.0. The summed E-state index contributed by atoms with van der Waals surface area (Å²) in [5.41, 5.74) is 3.13. The Balaban J connectivity index is 1.80. The highest BCUT2D eigenvalue weighted by molar-refractivity contribution is 6.01. The first-order valence-electron chi connectivity index (χ1n) is 14.8. The van der Waals surface area contributed by atoms with Gasteiger partial charge in [-0.05, 0) is 87.1 Å². The zero-order valence-corrected chi connectivity index (χ0v) is 26.0. The predicted molar refractivity (Wildman–Crippen MR) is 165 cm³/mol. The van der Waals surface area contributed by atoms with Gasteiger partial charge in [-0.2, -0.15) is 5.10 Å². The third kappa shape index (κ3) is 5.95. The molecule has 9 heteroatoms. The number of pyridine rings is 1. The fourth-order valence-corrected chi connectivity index (χ4v) is 5.82. The van der Waals surface area contributed by atoms with E-state index in [1.807, 2.05) is 36.0 Å². The number of aryl methyl sites for hydroxylation is 1. The predicted octanol–water partition coefficient (Wildman–Crippen LogP) is 6.83. The van der Waals surface area contributed by atoms with Crippen LogP contribution in [0.1, 0.15) is 70.4 Å². The summed E-state index contributed by atoms with van der Waals surface area (Å²) in [7, 11) is 1.55. The van der Waals surface area contributed by atoms with E-state index in [0.29, 0.717) is 40.8 Å². The van der Waals surface area contributed by atoms with Gasteiger partial charge >= 0.3 is 5.97 Å². The number of aromatic nitrogens is 3. The highest BCUT2D eigenvalue weighted by atomic mass is 19.1. The van der Waals surface area contributed by atoms with E-state index in [0.717, 1.165) is 41.6 Å². The molecule has 0 bridgehead atoms. The quantitative estimate of drug-likeness (QED) is 0.242. The fourth-order valence-electron chi connectivity index (χ4n) is 5.82. The van der Waals surface area contributed by atoms with E-state index < -0.39 is 23.5 Å². The van der Waals surface area contributed by atoms with Crippen LogP contribution in [0.4, 0.5) is 4.39 Å².